The number of hydrogen-bond acceptors (Lipinski definition) is 7. The van der Waals surface area contributed by atoms with E-state index in [4.69, 9.17) is 9.47 Å². The Morgan fingerprint density at radius 1 is 1.32 bits per heavy atom. The van der Waals surface area contributed by atoms with Gasteiger partial charge in [-0.25, -0.2) is 9.97 Å². The number of carbonyl (C=O) groups excluding carboxylic acids is 2. The second-order valence-corrected chi connectivity index (χ2v) is 5.26. The van der Waals surface area contributed by atoms with Crippen LogP contribution in [0.2, 0.25) is 0 Å². The Morgan fingerprint density at radius 2 is 2.05 bits per heavy atom. The third kappa shape index (κ3) is 2.87. The molecule has 1 aromatic heterocycles. The van der Waals surface area contributed by atoms with Gasteiger partial charge in [-0.05, 0) is 0 Å². The summed E-state index contributed by atoms with van der Waals surface area (Å²) in [7, 11) is 1.33. The van der Waals surface area contributed by atoms with Crippen molar-refractivity contribution in [2.24, 2.45) is 5.92 Å². The van der Waals surface area contributed by atoms with E-state index in [1.54, 1.807) is 6.07 Å². The number of methoxy groups -OCH3 is 1. The largest absolute Gasteiger partial charge is 0.469 e. The molecule has 22 heavy (non-hydrogen) atoms. The van der Waals surface area contributed by atoms with Crippen LogP contribution in [-0.4, -0.2) is 61.8 Å². The van der Waals surface area contributed by atoms with Gasteiger partial charge in [0.2, 0.25) is 5.91 Å². The zero-order valence-electron chi connectivity index (χ0n) is 12.4. The first kappa shape index (κ1) is 14.7. The average Bonchev–Trinajstić information content (AvgIpc) is 2.97. The number of nitrogens with zero attached hydrogens (tertiary/aromatic N) is 4. The van der Waals surface area contributed by atoms with E-state index in [9.17, 15) is 9.59 Å². The van der Waals surface area contributed by atoms with Gasteiger partial charge in [0.05, 0.1) is 26.2 Å². The molecule has 0 bridgehead atoms. The van der Waals surface area contributed by atoms with Crippen LogP contribution in [0.15, 0.2) is 12.4 Å². The van der Waals surface area contributed by atoms with Gasteiger partial charge in [0.1, 0.15) is 18.0 Å². The fraction of sp³-hybridized carbons (Fsp3) is 0.571. The summed E-state index contributed by atoms with van der Waals surface area (Å²) in [6.07, 6.45) is 1.60. The lowest BCUT2D eigenvalue weighted by Gasteiger charge is -2.28. The van der Waals surface area contributed by atoms with Crippen molar-refractivity contribution in [3.63, 3.8) is 0 Å². The molecule has 1 amide bonds. The number of carbonyl (C=O) groups is 2. The van der Waals surface area contributed by atoms with E-state index in [1.807, 2.05) is 0 Å². The van der Waals surface area contributed by atoms with Gasteiger partial charge in [-0.2, -0.15) is 0 Å². The highest BCUT2D eigenvalue weighted by Crippen LogP contribution is 2.26. The quantitative estimate of drug-likeness (QED) is 0.717. The van der Waals surface area contributed by atoms with Crippen molar-refractivity contribution in [1.82, 2.24) is 9.97 Å². The highest BCUT2D eigenvalue weighted by atomic mass is 16.5. The molecule has 2 aliphatic heterocycles. The summed E-state index contributed by atoms with van der Waals surface area (Å²) >= 11 is 0. The third-order valence-corrected chi connectivity index (χ3v) is 3.91. The van der Waals surface area contributed by atoms with Crippen LogP contribution in [0.5, 0.6) is 0 Å². The zero-order valence-corrected chi connectivity index (χ0v) is 12.4. The molecular formula is C14H18N4O4. The van der Waals surface area contributed by atoms with Crippen molar-refractivity contribution in [1.29, 1.82) is 0 Å². The van der Waals surface area contributed by atoms with Crippen LogP contribution in [-0.2, 0) is 19.1 Å². The van der Waals surface area contributed by atoms with Crippen LogP contribution < -0.4 is 9.80 Å². The molecule has 3 heterocycles. The minimum absolute atomic E-state index is 0.123. The lowest BCUT2D eigenvalue weighted by Crippen LogP contribution is -2.37. The molecule has 3 rings (SSSR count). The van der Waals surface area contributed by atoms with Gasteiger partial charge in [-0.15, -0.1) is 0 Å². The Balaban J connectivity index is 1.77. The van der Waals surface area contributed by atoms with Crippen LogP contribution in [0.25, 0.3) is 0 Å². The van der Waals surface area contributed by atoms with Gasteiger partial charge in [-0.1, -0.05) is 0 Å². The first-order valence-corrected chi connectivity index (χ1v) is 7.22. The van der Waals surface area contributed by atoms with Crippen LogP contribution in [0.4, 0.5) is 11.6 Å². The van der Waals surface area contributed by atoms with Gasteiger partial charge >= 0.3 is 5.97 Å². The monoisotopic (exact) mass is 306 g/mol. The number of rotatable bonds is 3. The van der Waals surface area contributed by atoms with Gasteiger partial charge in [0, 0.05) is 32.1 Å². The van der Waals surface area contributed by atoms with Crippen molar-refractivity contribution < 1.29 is 19.1 Å². The third-order valence-electron chi connectivity index (χ3n) is 3.91. The first-order chi connectivity index (χ1) is 10.7. The summed E-state index contributed by atoms with van der Waals surface area (Å²) in [5.41, 5.74) is 0. The van der Waals surface area contributed by atoms with Crippen molar-refractivity contribution in [3.8, 4) is 0 Å². The highest BCUT2D eigenvalue weighted by molar-refractivity contribution is 5.98. The lowest BCUT2D eigenvalue weighted by atomic mass is 10.1. The normalized spacial score (nSPS) is 22.0. The molecule has 8 heteroatoms. The number of anilines is 2. The average molecular weight is 306 g/mol. The van der Waals surface area contributed by atoms with E-state index in [1.165, 1.54) is 18.3 Å². The maximum Gasteiger partial charge on any atom is 0.311 e. The Kier molecular flexibility index (Phi) is 4.19. The van der Waals surface area contributed by atoms with Crippen molar-refractivity contribution in [3.05, 3.63) is 12.4 Å². The smallest absolute Gasteiger partial charge is 0.311 e. The van der Waals surface area contributed by atoms with E-state index < -0.39 is 5.92 Å². The summed E-state index contributed by atoms with van der Waals surface area (Å²) < 4.78 is 10.0. The van der Waals surface area contributed by atoms with Gasteiger partial charge < -0.3 is 14.4 Å². The molecule has 0 aliphatic carbocycles. The second-order valence-electron chi connectivity index (χ2n) is 5.26. The fourth-order valence-electron chi connectivity index (χ4n) is 2.70. The molecule has 0 spiro atoms. The molecule has 1 aromatic rings. The van der Waals surface area contributed by atoms with Gasteiger partial charge in [0.15, 0.2) is 0 Å². The summed E-state index contributed by atoms with van der Waals surface area (Å²) in [5, 5.41) is 0. The van der Waals surface area contributed by atoms with Crippen molar-refractivity contribution in [2.75, 3.05) is 49.8 Å². The Hall–Kier alpha value is -2.22. The minimum atomic E-state index is -0.431. The summed E-state index contributed by atoms with van der Waals surface area (Å²) in [6, 6.07) is 1.78. The number of hydrogen-bond donors (Lipinski definition) is 0. The van der Waals surface area contributed by atoms with Crippen LogP contribution in [0.3, 0.4) is 0 Å². The Labute approximate surface area is 128 Å². The standard InChI is InChI=1S/C14H18N4O4/c1-21-14(20)10-6-13(19)18(8-10)12-7-11(15-9-16-12)17-2-4-22-5-3-17/h7,9-10H,2-6,8H2,1H3. The van der Waals surface area contributed by atoms with Crippen molar-refractivity contribution >= 4 is 23.5 Å². The molecule has 0 N–H and O–H groups in total. The topological polar surface area (TPSA) is 84.9 Å². The molecule has 2 aliphatic rings. The van der Waals surface area contributed by atoms with Gasteiger partial charge in [-0.3, -0.25) is 14.5 Å². The molecular weight excluding hydrogens is 288 g/mol. The minimum Gasteiger partial charge on any atom is -0.469 e. The molecule has 0 saturated carbocycles. The van der Waals surface area contributed by atoms with E-state index in [2.05, 4.69) is 14.9 Å². The number of ether oxygens (including phenoxy) is 2. The van der Waals surface area contributed by atoms with Crippen LogP contribution in [0, 0.1) is 5.92 Å². The lowest BCUT2D eigenvalue weighted by molar-refractivity contribution is -0.145. The number of esters is 1. The van der Waals surface area contributed by atoms with Gasteiger partial charge in [0.25, 0.3) is 0 Å². The Morgan fingerprint density at radius 3 is 2.77 bits per heavy atom. The summed E-state index contributed by atoms with van der Waals surface area (Å²) in [5.74, 6) is 0.371. The second kappa shape index (κ2) is 6.27. The maximum absolute atomic E-state index is 12.1. The molecule has 2 saturated heterocycles. The summed E-state index contributed by atoms with van der Waals surface area (Å²) in [6.45, 7) is 3.13. The molecule has 2 fully saturated rings. The fourth-order valence-corrected chi connectivity index (χ4v) is 2.70. The maximum atomic E-state index is 12.1. The van der Waals surface area contributed by atoms with E-state index in [0.29, 0.717) is 25.6 Å². The van der Waals surface area contributed by atoms with E-state index >= 15 is 0 Å². The first-order valence-electron chi connectivity index (χ1n) is 7.22. The van der Waals surface area contributed by atoms with Crippen molar-refractivity contribution in [2.45, 2.75) is 6.42 Å². The van der Waals surface area contributed by atoms with Crippen LogP contribution in [0.1, 0.15) is 6.42 Å². The number of aromatic nitrogens is 2. The zero-order chi connectivity index (χ0) is 15.5. The Bertz CT molecular complexity index is 574. The summed E-state index contributed by atoms with van der Waals surface area (Å²) in [4.78, 5) is 35.8. The predicted octanol–water partition coefficient (Wildman–Crippen LogP) is -0.161. The number of amides is 1. The SMILES string of the molecule is COC(=O)C1CC(=O)N(c2cc(N3CCOCC3)ncn2)C1. The molecule has 0 aromatic carbocycles. The molecule has 1 atom stereocenters. The molecule has 1 unspecified atom stereocenters. The van der Waals surface area contributed by atoms with Crippen LogP contribution >= 0.6 is 0 Å². The number of morpholine rings is 1. The molecule has 118 valence electrons. The highest BCUT2D eigenvalue weighted by Gasteiger charge is 2.36. The molecule has 8 nitrogen and oxygen atoms in total. The predicted molar refractivity (Wildman–Crippen MR) is 77.5 cm³/mol. The van der Waals surface area contributed by atoms with E-state index in [-0.39, 0.29) is 18.3 Å². The molecule has 0 radical (unpaired) electrons. The van der Waals surface area contributed by atoms with E-state index in [0.717, 1.165) is 18.9 Å².